The van der Waals surface area contributed by atoms with Crippen LogP contribution in [0, 0.1) is 0 Å². The van der Waals surface area contributed by atoms with Crippen LogP contribution in [0.25, 0.3) is 0 Å². The lowest BCUT2D eigenvalue weighted by Gasteiger charge is -2.01. The summed E-state index contributed by atoms with van der Waals surface area (Å²) in [6.07, 6.45) is 0. The molecule has 5 heteroatoms. The highest BCUT2D eigenvalue weighted by Crippen LogP contribution is 1.60. The van der Waals surface area contributed by atoms with Crippen LogP contribution in [0.1, 0.15) is 0 Å². The number of hydrogen-bond acceptors (Lipinski definition) is 2. The van der Waals surface area contributed by atoms with Gasteiger partial charge in [0.2, 0.25) is 0 Å². The van der Waals surface area contributed by atoms with E-state index in [1.165, 1.54) is 0 Å². The van der Waals surface area contributed by atoms with Crippen molar-refractivity contribution in [2.75, 3.05) is 7.05 Å². The van der Waals surface area contributed by atoms with E-state index < -0.39 is 0 Å². The Morgan fingerprint density at radius 1 is 1.50 bits per heavy atom. The summed E-state index contributed by atoms with van der Waals surface area (Å²) < 4.78 is 0. The Balaban J connectivity index is 3.40. The van der Waals surface area contributed by atoms with Crippen molar-refractivity contribution in [1.29, 1.82) is 0 Å². The van der Waals surface area contributed by atoms with Crippen molar-refractivity contribution in [2.24, 2.45) is 5.73 Å². The molecule has 0 unspecified atom stereocenters. The summed E-state index contributed by atoms with van der Waals surface area (Å²) in [7, 11) is 1.69. The summed E-state index contributed by atoms with van der Waals surface area (Å²) in [6.45, 7) is 0. The van der Waals surface area contributed by atoms with Gasteiger partial charge in [-0.2, -0.15) is 0 Å². The van der Waals surface area contributed by atoms with Gasteiger partial charge < -0.3 is 16.4 Å². The largest absolute Gasteiger partial charge is 0.376 e. The van der Waals surface area contributed by atoms with Crippen LogP contribution < -0.4 is 16.4 Å². The van der Waals surface area contributed by atoms with E-state index in [1.54, 1.807) is 7.05 Å². The van der Waals surface area contributed by atoms with Gasteiger partial charge in [0.15, 0.2) is 10.2 Å². The van der Waals surface area contributed by atoms with Crippen LogP contribution in [-0.4, -0.2) is 17.3 Å². The second kappa shape index (κ2) is 3.57. The van der Waals surface area contributed by atoms with E-state index in [-0.39, 0.29) is 5.11 Å². The Morgan fingerprint density at radius 3 is 2.12 bits per heavy atom. The first-order chi connectivity index (χ1) is 3.66. The maximum atomic E-state index is 5.06. The SMILES string of the molecule is CNC(=S)NC(N)=S. The first-order valence-corrected chi connectivity index (χ1v) is 2.76. The van der Waals surface area contributed by atoms with Crippen LogP contribution >= 0.6 is 24.4 Å². The van der Waals surface area contributed by atoms with Gasteiger partial charge in [0, 0.05) is 7.05 Å². The van der Waals surface area contributed by atoms with Gasteiger partial charge in [0.05, 0.1) is 0 Å². The second-order valence-electron chi connectivity index (χ2n) is 1.07. The third kappa shape index (κ3) is 3.76. The minimum absolute atomic E-state index is 0.185. The molecule has 0 aliphatic carbocycles. The number of nitrogens with two attached hydrogens (primary N) is 1. The zero-order valence-electron chi connectivity index (χ0n) is 4.39. The fraction of sp³-hybridized carbons (Fsp3) is 0.333. The van der Waals surface area contributed by atoms with E-state index in [0.717, 1.165) is 0 Å². The van der Waals surface area contributed by atoms with E-state index in [1.807, 2.05) is 0 Å². The highest BCUT2D eigenvalue weighted by atomic mass is 32.1. The van der Waals surface area contributed by atoms with E-state index in [2.05, 4.69) is 35.1 Å². The monoisotopic (exact) mass is 149 g/mol. The van der Waals surface area contributed by atoms with E-state index in [4.69, 9.17) is 5.73 Å². The molecule has 3 nitrogen and oxygen atoms in total. The van der Waals surface area contributed by atoms with Crippen LogP contribution in [0.4, 0.5) is 0 Å². The molecular weight excluding hydrogens is 142 g/mol. The molecule has 0 fully saturated rings. The zero-order chi connectivity index (χ0) is 6.57. The molecule has 0 aromatic heterocycles. The molecule has 0 aliphatic rings. The molecule has 0 radical (unpaired) electrons. The van der Waals surface area contributed by atoms with Gasteiger partial charge in [-0.05, 0) is 24.4 Å². The summed E-state index contributed by atoms with van der Waals surface area (Å²) >= 11 is 9.12. The minimum atomic E-state index is 0.185. The van der Waals surface area contributed by atoms with Gasteiger partial charge in [-0.1, -0.05) is 0 Å². The summed E-state index contributed by atoms with van der Waals surface area (Å²) in [5, 5.41) is 5.80. The smallest absolute Gasteiger partial charge is 0.172 e. The zero-order valence-corrected chi connectivity index (χ0v) is 6.03. The van der Waals surface area contributed by atoms with Gasteiger partial charge in [-0.15, -0.1) is 0 Å². The molecule has 0 saturated carbocycles. The molecule has 0 bridgehead atoms. The van der Waals surface area contributed by atoms with Crippen molar-refractivity contribution >= 4 is 34.7 Å². The molecule has 46 valence electrons. The quantitative estimate of drug-likeness (QED) is 0.399. The third-order valence-corrected chi connectivity index (χ3v) is 0.872. The van der Waals surface area contributed by atoms with Gasteiger partial charge in [-0.25, -0.2) is 0 Å². The normalized spacial score (nSPS) is 7.62. The summed E-state index contributed by atoms with van der Waals surface area (Å²) in [6, 6.07) is 0. The molecule has 0 amide bonds. The summed E-state index contributed by atoms with van der Waals surface area (Å²) in [5.74, 6) is 0. The fourth-order valence-electron chi connectivity index (χ4n) is 0.174. The molecular formula is C3H7N3S2. The Bertz CT molecular complexity index is 111. The highest BCUT2D eigenvalue weighted by Gasteiger charge is 1.87. The number of nitrogens with one attached hydrogen (secondary N) is 2. The predicted molar refractivity (Wildman–Crippen MR) is 41.6 cm³/mol. The number of thiocarbonyl (C=S) groups is 2. The lowest BCUT2D eigenvalue weighted by molar-refractivity contribution is 1.13. The Kier molecular flexibility index (Phi) is 3.38. The van der Waals surface area contributed by atoms with Gasteiger partial charge in [-0.3, -0.25) is 0 Å². The molecule has 0 atom stereocenters. The predicted octanol–water partition coefficient (Wildman–Crippen LogP) is -0.676. The van der Waals surface area contributed by atoms with E-state index >= 15 is 0 Å². The molecule has 0 spiro atoms. The van der Waals surface area contributed by atoms with Crippen LogP contribution in [0.2, 0.25) is 0 Å². The van der Waals surface area contributed by atoms with Crippen molar-refractivity contribution in [3.63, 3.8) is 0 Å². The van der Waals surface area contributed by atoms with Crippen LogP contribution in [0.5, 0.6) is 0 Å². The van der Waals surface area contributed by atoms with E-state index in [9.17, 15) is 0 Å². The average Bonchev–Trinajstić information content (AvgIpc) is 1.65. The van der Waals surface area contributed by atoms with Crippen molar-refractivity contribution < 1.29 is 0 Å². The topological polar surface area (TPSA) is 50.1 Å². The molecule has 0 saturated heterocycles. The molecule has 4 N–H and O–H groups in total. The lowest BCUT2D eigenvalue weighted by atomic mass is 10.9. The standard InChI is InChI=1S/C3H7N3S2/c1-5-3(8)6-2(4)7/h1H3,(H4,4,5,6,7,8). The first-order valence-electron chi connectivity index (χ1n) is 1.95. The maximum Gasteiger partial charge on any atom is 0.172 e. The molecule has 0 aliphatic heterocycles. The second-order valence-corrected chi connectivity index (χ2v) is 1.92. The van der Waals surface area contributed by atoms with Crippen LogP contribution in [0.15, 0.2) is 0 Å². The third-order valence-electron chi connectivity index (χ3n) is 0.464. The Labute approximate surface area is 58.6 Å². The van der Waals surface area contributed by atoms with Gasteiger partial charge >= 0.3 is 0 Å². The molecule has 8 heavy (non-hydrogen) atoms. The summed E-state index contributed by atoms with van der Waals surface area (Å²) in [4.78, 5) is 0. The average molecular weight is 149 g/mol. The van der Waals surface area contributed by atoms with Crippen molar-refractivity contribution in [2.45, 2.75) is 0 Å². The molecule has 0 aromatic rings. The number of rotatable bonds is 0. The number of hydrogen-bond donors (Lipinski definition) is 3. The Hall–Kier alpha value is -0.420. The lowest BCUT2D eigenvalue weighted by Crippen LogP contribution is -2.40. The van der Waals surface area contributed by atoms with Gasteiger partial charge in [0.1, 0.15) is 0 Å². The van der Waals surface area contributed by atoms with E-state index in [0.29, 0.717) is 5.11 Å². The van der Waals surface area contributed by atoms with Crippen LogP contribution in [0.3, 0.4) is 0 Å². The van der Waals surface area contributed by atoms with Crippen molar-refractivity contribution in [1.82, 2.24) is 10.6 Å². The highest BCUT2D eigenvalue weighted by molar-refractivity contribution is 7.81. The van der Waals surface area contributed by atoms with Crippen molar-refractivity contribution in [3.8, 4) is 0 Å². The molecule has 0 heterocycles. The minimum Gasteiger partial charge on any atom is -0.376 e. The maximum absolute atomic E-state index is 5.06. The Morgan fingerprint density at radius 2 is 2.00 bits per heavy atom. The summed E-state index contributed by atoms with van der Waals surface area (Å²) in [5.41, 5.74) is 5.06. The fourth-order valence-corrected chi connectivity index (χ4v) is 0.451. The molecule has 0 rings (SSSR count). The molecule has 0 aromatic carbocycles. The first kappa shape index (κ1) is 7.58. The van der Waals surface area contributed by atoms with Crippen LogP contribution in [-0.2, 0) is 0 Å². The van der Waals surface area contributed by atoms with Gasteiger partial charge in [0.25, 0.3) is 0 Å². The van der Waals surface area contributed by atoms with Crippen molar-refractivity contribution in [3.05, 3.63) is 0 Å².